The molecule has 0 fully saturated rings. The smallest absolute Gasteiger partial charge is 0.0465 e. The molecule has 10 aromatic rings. The first-order chi connectivity index (χ1) is 39.6. The van der Waals surface area contributed by atoms with Crippen molar-refractivity contribution in [1.82, 2.24) is 0 Å². The second kappa shape index (κ2) is 17.4. The summed E-state index contributed by atoms with van der Waals surface area (Å²) in [6.45, 7) is 33.0. The predicted molar refractivity (Wildman–Crippen MR) is 352 cm³/mol. The van der Waals surface area contributed by atoms with E-state index in [0.29, 0.717) is 0 Å². The lowest BCUT2D eigenvalue weighted by atomic mass is 9.73. The van der Waals surface area contributed by atoms with Crippen LogP contribution >= 0.6 is 0 Å². The maximum Gasteiger partial charge on any atom is 0.0465 e. The van der Waals surface area contributed by atoms with E-state index < -0.39 is 0 Å². The van der Waals surface area contributed by atoms with Gasteiger partial charge in [-0.2, -0.15) is 0 Å². The molecule has 2 heteroatoms. The number of rotatable bonds is 8. The zero-order valence-electron chi connectivity index (χ0n) is 51.1. The minimum atomic E-state index is -0.230. The van der Waals surface area contributed by atoms with E-state index in [0.717, 1.165) is 12.8 Å². The number of benzene rings is 10. The lowest BCUT2D eigenvalue weighted by Gasteiger charge is -2.34. The molecule has 0 saturated carbocycles. The van der Waals surface area contributed by atoms with Crippen LogP contribution in [0, 0.1) is 27.7 Å². The summed E-state index contributed by atoms with van der Waals surface area (Å²) in [6.07, 6.45) is 1.95. The molecule has 0 bridgehead atoms. The number of hydrogen-bond acceptors (Lipinski definition) is 2. The molecule has 0 atom stereocenters. The van der Waals surface area contributed by atoms with Gasteiger partial charge in [-0.25, -0.2) is 0 Å². The van der Waals surface area contributed by atoms with Crippen LogP contribution in [0.15, 0.2) is 182 Å². The summed E-state index contributed by atoms with van der Waals surface area (Å²) in [7, 11) is 0. The number of anilines is 6. The van der Waals surface area contributed by atoms with E-state index in [1.807, 2.05) is 0 Å². The highest BCUT2D eigenvalue weighted by atomic mass is 15.1. The monoisotopic (exact) mass is 1080 g/mol. The Morgan fingerprint density at radius 1 is 0.229 bits per heavy atom. The zero-order valence-corrected chi connectivity index (χ0v) is 51.1. The minimum Gasteiger partial charge on any atom is -0.310 e. The van der Waals surface area contributed by atoms with Crippen molar-refractivity contribution in [2.45, 2.75) is 137 Å². The van der Waals surface area contributed by atoms with Gasteiger partial charge in [-0.05, 0) is 225 Å². The van der Waals surface area contributed by atoms with E-state index in [1.54, 1.807) is 0 Å². The number of fused-ring (bicyclic) bond motifs is 15. The normalized spacial score (nSPS) is 16.4. The molecule has 0 aromatic heterocycles. The molecule has 0 spiro atoms. The molecule has 0 N–H and O–H groups in total. The maximum absolute atomic E-state index is 2.58. The summed E-state index contributed by atoms with van der Waals surface area (Å²) in [5.41, 5.74) is 38.9. The fraction of sp³-hybridized carbons (Fsp3) is 0.259. The highest BCUT2D eigenvalue weighted by Crippen LogP contribution is 2.59. The molecule has 2 nitrogen and oxygen atoms in total. The van der Waals surface area contributed by atoms with Crippen LogP contribution in [0.4, 0.5) is 34.1 Å². The lowest BCUT2D eigenvalue weighted by Crippen LogP contribution is -2.24. The van der Waals surface area contributed by atoms with Gasteiger partial charge < -0.3 is 9.80 Å². The summed E-state index contributed by atoms with van der Waals surface area (Å²) in [4.78, 5) is 5.15. The van der Waals surface area contributed by atoms with Crippen molar-refractivity contribution in [2.75, 3.05) is 9.80 Å². The van der Waals surface area contributed by atoms with E-state index in [1.165, 1.54) is 168 Å². The van der Waals surface area contributed by atoms with E-state index >= 15 is 0 Å². The molecule has 0 saturated heterocycles. The van der Waals surface area contributed by atoms with E-state index in [2.05, 4.69) is 289 Å². The van der Waals surface area contributed by atoms with Crippen LogP contribution in [0.1, 0.15) is 160 Å². The number of hydrogen-bond donors (Lipinski definition) is 0. The molecule has 0 radical (unpaired) electrons. The Morgan fingerprint density at radius 3 is 0.602 bits per heavy atom. The molecule has 0 amide bonds. The van der Waals surface area contributed by atoms with Crippen molar-refractivity contribution < 1.29 is 0 Å². The first kappa shape index (κ1) is 51.7. The fourth-order valence-corrected chi connectivity index (χ4v) is 16.6. The van der Waals surface area contributed by atoms with Crippen molar-refractivity contribution in [1.29, 1.82) is 0 Å². The van der Waals surface area contributed by atoms with Crippen LogP contribution in [0.2, 0.25) is 0 Å². The second-order valence-electron chi connectivity index (χ2n) is 27.5. The lowest BCUT2D eigenvalue weighted by molar-refractivity contribution is 0.490. The molecule has 5 aliphatic rings. The molecule has 10 aromatic carbocycles. The molecular weight excluding hydrogens is 1000 g/mol. The van der Waals surface area contributed by atoms with Gasteiger partial charge in [0.25, 0.3) is 0 Å². The largest absolute Gasteiger partial charge is 0.310 e. The van der Waals surface area contributed by atoms with Crippen LogP contribution in [0.25, 0.3) is 55.6 Å². The Balaban J connectivity index is 0.893. The highest BCUT2D eigenvalue weighted by Gasteiger charge is 2.44. The molecule has 0 heterocycles. The first-order valence-corrected chi connectivity index (χ1v) is 30.6. The van der Waals surface area contributed by atoms with Crippen LogP contribution < -0.4 is 9.80 Å². The molecular formula is C81H76N2. The standard InChI is InChI=1S/C81H76N2/c1-15-81(16-2)75-45-55(82(51-21-31-61-57-27-17-47(3)37-67(57)77(7,8)71(61)41-51)52-22-32-62-58-28-18-48(4)38-68(58)78(9,10)72(62)42-52)25-35-65(75)66-36-26-56(46-76(66)81)83(53-23-33-63-59-29-19-49(5)39-69(59)79(11,12)73(63)43-53)54-24-34-64-60-30-20-50(6)40-70(60)80(13,14)74(64)44-54/h17-46H,15-16H2,1-14H3. The van der Waals surface area contributed by atoms with Crippen molar-refractivity contribution in [2.24, 2.45) is 0 Å². The average molecular weight is 1080 g/mol. The van der Waals surface area contributed by atoms with Crippen LogP contribution in [0.3, 0.4) is 0 Å². The Bertz CT molecular complexity index is 3960. The van der Waals surface area contributed by atoms with Gasteiger partial charge >= 0.3 is 0 Å². The molecule has 15 rings (SSSR count). The van der Waals surface area contributed by atoms with Gasteiger partial charge in [-0.1, -0.05) is 201 Å². The SMILES string of the molecule is CCC1(CC)c2cc(N(c3ccc4c(c3)C(C)(C)c3cc(C)ccc3-4)c3ccc4c(c3)C(C)(C)c3cc(C)ccc3-4)ccc2-c2ccc(N(c3ccc4c(c3)C(C)(C)c3cc(C)ccc3-4)c3ccc4c(c3)C(C)(C)c3cc(C)ccc3-4)cc21. The quantitative estimate of drug-likeness (QED) is 0.150. The summed E-state index contributed by atoms with van der Waals surface area (Å²) < 4.78 is 0. The van der Waals surface area contributed by atoms with Crippen molar-refractivity contribution in [3.05, 3.63) is 260 Å². The number of aryl methyl sites for hydroxylation is 4. The van der Waals surface area contributed by atoms with Crippen LogP contribution in [-0.2, 0) is 27.1 Å². The number of nitrogens with zero attached hydrogens (tertiary/aromatic N) is 2. The third kappa shape index (κ3) is 7.08. The Hall–Kier alpha value is -8.20. The third-order valence-electron chi connectivity index (χ3n) is 21.3. The summed E-state index contributed by atoms with van der Waals surface area (Å²) in [5, 5.41) is 0. The van der Waals surface area contributed by atoms with E-state index in [4.69, 9.17) is 0 Å². The van der Waals surface area contributed by atoms with Gasteiger partial charge in [0.15, 0.2) is 0 Å². The van der Waals surface area contributed by atoms with Crippen molar-refractivity contribution in [3.8, 4) is 55.6 Å². The van der Waals surface area contributed by atoms with Gasteiger partial charge in [-0.15, -0.1) is 0 Å². The van der Waals surface area contributed by atoms with E-state index in [9.17, 15) is 0 Å². The van der Waals surface area contributed by atoms with Crippen molar-refractivity contribution in [3.63, 3.8) is 0 Å². The van der Waals surface area contributed by atoms with Crippen molar-refractivity contribution >= 4 is 34.1 Å². The van der Waals surface area contributed by atoms with Crippen LogP contribution in [0.5, 0.6) is 0 Å². The topological polar surface area (TPSA) is 6.48 Å². The van der Waals surface area contributed by atoms with Gasteiger partial charge in [-0.3, -0.25) is 0 Å². The fourth-order valence-electron chi connectivity index (χ4n) is 16.6. The summed E-state index contributed by atoms with van der Waals surface area (Å²) in [6, 6.07) is 72.2. The highest BCUT2D eigenvalue weighted by molar-refractivity contribution is 5.94. The Morgan fingerprint density at radius 2 is 0.398 bits per heavy atom. The van der Waals surface area contributed by atoms with Gasteiger partial charge in [0, 0.05) is 61.2 Å². The van der Waals surface area contributed by atoms with Gasteiger partial charge in [0.2, 0.25) is 0 Å². The molecule has 83 heavy (non-hydrogen) atoms. The molecule has 0 aliphatic heterocycles. The Labute approximate surface area is 493 Å². The maximum atomic E-state index is 2.58. The second-order valence-corrected chi connectivity index (χ2v) is 27.5. The first-order valence-electron chi connectivity index (χ1n) is 30.6. The van der Waals surface area contributed by atoms with Gasteiger partial charge in [0.05, 0.1) is 0 Å². The zero-order chi connectivity index (χ0) is 57.6. The predicted octanol–water partition coefficient (Wildman–Crippen LogP) is 22.2. The Kier molecular flexibility index (Phi) is 10.8. The minimum absolute atomic E-state index is 0.150. The molecule has 5 aliphatic carbocycles. The van der Waals surface area contributed by atoms with Gasteiger partial charge in [0.1, 0.15) is 0 Å². The average Bonchev–Trinajstić information content (AvgIpc) is 2.31. The molecule has 410 valence electrons. The third-order valence-corrected chi connectivity index (χ3v) is 21.3. The summed E-state index contributed by atoms with van der Waals surface area (Å²) in [5.74, 6) is 0. The molecule has 0 unspecified atom stereocenters. The van der Waals surface area contributed by atoms with E-state index in [-0.39, 0.29) is 27.1 Å². The van der Waals surface area contributed by atoms with Crippen LogP contribution in [-0.4, -0.2) is 0 Å². The summed E-state index contributed by atoms with van der Waals surface area (Å²) >= 11 is 0.